The minimum absolute atomic E-state index is 0.364. The fourth-order valence-electron chi connectivity index (χ4n) is 7.16. The lowest BCUT2D eigenvalue weighted by atomic mass is 9.67. The van der Waals surface area contributed by atoms with E-state index in [0.717, 1.165) is 40.8 Å². The molecule has 46 heavy (non-hydrogen) atoms. The molecule has 1 unspecified atom stereocenters. The largest absolute Gasteiger partial charge is 0.256 e. The molecule has 0 saturated heterocycles. The fraction of sp³-hybridized carbons (Fsp3) is 0.178. The van der Waals surface area contributed by atoms with Gasteiger partial charge in [0.05, 0.1) is 11.1 Å². The molecule has 1 atom stereocenters. The summed E-state index contributed by atoms with van der Waals surface area (Å²) in [6.07, 6.45) is 30.4. The van der Waals surface area contributed by atoms with Crippen LogP contribution >= 0.6 is 0 Å². The Labute approximate surface area is 276 Å². The lowest BCUT2D eigenvalue weighted by Gasteiger charge is -2.35. The highest BCUT2D eigenvalue weighted by Gasteiger charge is 2.45. The van der Waals surface area contributed by atoms with Crippen molar-refractivity contribution in [2.24, 2.45) is 5.41 Å². The van der Waals surface area contributed by atoms with Crippen molar-refractivity contribution in [1.29, 1.82) is 0 Å². The predicted molar refractivity (Wildman–Crippen MR) is 201 cm³/mol. The highest BCUT2D eigenvalue weighted by Crippen LogP contribution is 2.59. The highest BCUT2D eigenvalue weighted by atomic mass is 14.7. The summed E-state index contributed by atoms with van der Waals surface area (Å²) in [4.78, 5) is 4.60. The first-order valence-electron chi connectivity index (χ1n) is 16.4. The molecule has 1 heteroatoms. The van der Waals surface area contributed by atoms with Crippen molar-refractivity contribution < 1.29 is 0 Å². The van der Waals surface area contributed by atoms with Crippen LogP contribution in [0.5, 0.6) is 0 Å². The van der Waals surface area contributed by atoms with E-state index in [-0.39, 0.29) is 5.41 Å². The van der Waals surface area contributed by atoms with E-state index >= 15 is 0 Å². The zero-order chi connectivity index (χ0) is 32.8. The van der Waals surface area contributed by atoms with Gasteiger partial charge in [0, 0.05) is 11.8 Å². The van der Waals surface area contributed by atoms with Crippen LogP contribution in [0.1, 0.15) is 64.3 Å². The van der Waals surface area contributed by atoms with Crippen LogP contribution in [0.25, 0.3) is 17.2 Å². The van der Waals surface area contributed by atoms with Gasteiger partial charge in [-0.1, -0.05) is 136 Å². The second-order valence-corrected chi connectivity index (χ2v) is 11.8. The number of hydrogen-bond donors (Lipinski definition) is 0. The molecule has 0 radical (unpaired) electrons. The molecule has 4 aliphatic rings. The van der Waals surface area contributed by atoms with Crippen molar-refractivity contribution in [3.63, 3.8) is 0 Å². The number of pyridine rings is 1. The van der Waals surface area contributed by atoms with E-state index in [1.807, 2.05) is 38.3 Å². The van der Waals surface area contributed by atoms with Crippen LogP contribution in [0.3, 0.4) is 0 Å². The molecule has 0 bridgehead atoms. The SMILES string of the molecule is C=C/C=C(\C=C)C1=CC2(C(C)=CC(c3ccccc3)=C1)C(/C=C\C)=C(C)C1=C2CCC(C2=CC(=C)c3ncccc3C=C2)=C1.CC. The van der Waals surface area contributed by atoms with E-state index in [2.05, 4.69) is 143 Å². The second kappa shape index (κ2) is 14.0. The van der Waals surface area contributed by atoms with Crippen LogP contribution < -0.4 is 0 Å². The summed E-state index contributed by atoms with van der Waals surface area (Å²) >= 11 is 0. The molecule has 1 nitrogen and oxygen atoms in total. The van der Waals surface area contributed by atoms with Crippen LogP contribution in [0.4, 0.5) is 0 Å². The molecule has 0 amide bonds. The van der Waals surface area contributed by atoms with E-state index in [1.165, 1.54) is 50.1 Å². The van der Waals surface area contributed by atoms with Gasteiger partial charge >= 0.3 is 0 Å². The summed E-state index contributed by atoms with van der Waals surface area (Å²) in [5.74, 6) is 0. The Balaban J connectivity index is 0.00000204. The van der Waals surface area contributed by atoms with Gasteiger partial charge in [-0.15, -0.1) is 0 Å². The Morgan fingerprint density at radius 1 is 0.891 bits per heavy atom. The van der Waals surface area contributed by atoms with E-state index in [9.17, 15) is 0 Å². The van der Waals surface area contributed by atoms with Crippen LogP contribution in [0.15, 0.2) is 185 Å². The number of aromatic nitrogens is 1. The maximum Gasteiger partial charge on any atom is 0.0768 e. The highest BCUT2D eigenvalue weighted by molar-refractivity contribution is 5.84. The molecule has 1 heterocycles. The first-order valence-corrected chi connectivity index (χ1v) is 16.4. The summed E-state index contributed by atoms with van der Waals surface area (Å²) in [5.41, 5.74) is 16.6. The number of allylic oxidation sites excluding steroid dienone is 22. The molecule has 2 aromatic rings. The molecule has 230 valence electrons. The normalized spacial score (nSPS) is 20.8. The molecule has 1 aromatic carbocycles. The van der Waals surface area contributed by atoms with Gasteiger partial charge in [0.1, 0.15) is 0 Å². The van der Waals surface area contributed by atoms with Gasteiger partial charge < -0.3 is 0 Å². The number of fused-ring (bicyclic) bond motifs is 2. The van der Waals surface area contributed by atoms with Crippen molar-refractivity contribution >= 4 is 17.2 Å². The minimum Gasteiger partial charge on any atom is -0.256 e. The molecule has 0 aliphatic heterocycles. The molecule has 0 saturated carbocycles. The van der Waals surface area contributed by atoms with Crippen LogP contribution in [-0.2, 0) is 0 Å². The van der Waals surface area contributed by atoms with Gasteiger partial charge in [-0.05, 0) is 113 Å². The number of nitrogens with zero attached hydrogens (tertiary/aromatic N) is 1. The Kier molecular flexibility index (Phi) is 9.83. The zero-order valence-electron chi connectivity index (χ0n) is 28.0. The molecule has 0 fully saturated rings. The zero-order valence-corrected chi connectivity index (χ0v) is 28.0. The standard InChI is InChI=1S/C43H39N.C2H6/c1-7-14-32(9-3)38-26-37(33-16-11-10-12-17-33)25-30(5)43(28-38)40(15-8-2)31(6)39-27-36(21-22-41(39)43)35-20-19-34-18-13-23-44-42(34)29(4)24-35;1-2/h7-20,23-28H,1,3-4,21-22H2,2,5-6H3;1-2H3/b15-8-,32-14+;. The average molecular weight is 600 g/mol. The van der Waals surface area contributed by atoms with Crippen LogP contribution in [-0.4, -0.2) is 4.98 Å². The third-order valence-corrected chi connectivity index (χ3v) is 9.25. The summed E-state index contributed by atoms with van der Waals surface area (Å²) < 4.78 is 0. The van der Waals surface area contributed by atoms with Gasteiger partial charge in [-0.3, -0.25) is 4.98 Å². The Morgan fingerprint density at radius 3 is 2.39 bits per heavy atom. The summed E-state index contributed by atoms with van der Waals surface area (Å²) in [6.45, 7) is 23.3. The smallest absolute Gasteiger partial charge is 0.0768 e. The molecule has 1 aromatic heterocycles. The lowest BCUT2D eigenvalue weighted by molar-refractivity contribution is 0.631. The number of benzene rings is 1. The van der Waals surface area contributed by atoms with E-state index in [4.69, 9.17) is 0 Å². The second-order valence-electron chi connectivity index (χ2n) is 11.8. The predicted octanol–water partition coefficient (Wildman–Crippen LogP) is 12.3. The van der Waals surface area contributed by atoms with E-state index in [1.54, 1.807) is 0 Å². The van der Waals surface area contributed by atoms with Crippen molar-refractivity contribution in [3.05, 3.63) is 202 Å². The van der Waals surface area contributed by atoms with Gasteiger partial charge in [-0.2, -0.15) is 0 Å². The Bertz CT molecular complexity index is 1900. The maximum atomic E-state index is 4.60. The minimum atomic E-state index is -0.364. The third kappa shape index (κ3) is 5.74. The van der Waals surface area contributed by atoms with Crippen LogP contribution in [0, 0.1) is 5.41 Å². The molecule has 4 aliphatic carbocycles. The first-order chi connectivity index (χ1) is 22.4. The number of hydrogen-bond acceptors (Lipinski definition) is 1. The van der Waals surface area contributed by atoms with E-state index < -0.39 is 0 Å². The van der Waals surface area contributed by atoms with Gasteiger partial charge in [-0.25, -0.2) is 0 Å². The molecular formula is C45H45N. The van der Waals surface area contributed by atoms with Gasteiger partial charge in [0.2, 0.25) is 0 Å². The lowest BCUT2D eigenvalue weighted by Crippen LogP contribution is -2.24. The van der Waals surface area contributed by atoms with Crippen molar-refractivity contribution in [2.45, 2.75) is 47.5 Å². The van der Waals surface area contributed by atoms with Gasteiger partial charge in [0.15, 0.2) is 0 Å². The monoisotopic (exact) mass is 599 g/mol. The topological polar surface area (TPSA) is 12.9 Å². The summed E-state index contributed by atoms with van der Waals surface area (Å²) in [6, 6.07) is 14.8. The van der Waals surface area contributed by atoms with Crippen molar-refractivity contribution in [3.8, 4) is 0 Å². The summed E-state index contributed by atoms with van der Waals surface area (Å²) in [5, 5.41) is 0. The average Bonchev–Trinajstić information content (AvgIpc) is 3.20. The number of rotatable bonds is 6. The third-order valence-electron chi connectivity index (χ3n) is 9.25. The van der Waals surface area contributed by atoms with Gasteiger partial charge in [0.25, 0.3) is 0 Å². The molecular weight excluding hydrogens is 555 g/mol. The van der Waals surface area contributed by atoms with Crippen molar-refractivity contribution in [1.82, 2.24) is 4.98 Å². The van der Waals surface area contributed by atoms with E-state index in [0.29, 0.717) is 0 Å². The van der Waals surface area contributed by atoms with Crippen LogP contribution in [0.2, 0.25) is 0 Å². The summed E-state index contributed by atoms with van der Waals surface area (Å²) in [7, 11) is 0. The molecule has 0 N–H and O–H groups in total. The fourth-order valence-corrected chi connectivity index (χ4v) is 7.16. The maximum absolute atomic E-state index is 4.60. The first kappa shape index (κ1) is 32.4. The molecule has 1 spiro atoms. The van der Waals surface area contributed by atoms with Crippen molar-refractivity contribution in [2.75, 3.05) is 0 Å². The quantitative estimate of drug-likeness (QED) is 0.301. The molecule has 6 rings (SSSR count). The Morgan fingerprint density at radius 2 is 1.67 bits per heavy atom. The Hall–Kier alpha value is -5.01.